The summed E-state index contributed by atoms with van der Waals surface area (Å²) in [5.74, 6) is 1.33. The van der Waals surface area contributed by atoms with Crippen LogP contribution in [0.15, 0.2) is 16.9 Å². The largest absolute Gasteiger partial charge is 0.493 e. The first-order valence-electron chi connectivity index (χ1n) is 9.47. The second kappa shape index (κ2) is 7.43. The highest BCUT2D eigenvalue weighted by atomic mass is 79.9. The number of carbonyl (C=O) groups is 1. The Hall–Kier alpha value is -2.02. The van der Waals surface area contributed by atoms with Gasteiger partial charge in [0.05, 0.1) is 24.6 Å². The maximum Gasteiger partial charge on any atom is 0.274 e. The molecule has 1 aromatic heterocycles. The number of halogens is 1. The van der Waals surface area contributed by atoms with E-state index in [1.54, 1.807) is 12.0 Å². The highest BCUT2D eigenvalue weighted by Gasteiger charge is 2.32. The van der Waals surface area contributed by atoms with E-state index in [1.807, 2.05) is 58.4 Å². The predicted molar refractivity (Wildman–Crippen MR) is 113 cm³/mol. The number of rotatable bonds is 4. The maximum atomic E-state index is 13.1. The molecule has 0 N–H and O–H groups in total. The van der Waals surface area contributed by atoms with Crippen molar-refractivity contribution in [2.45, 2.75) is 59.1 Å². The van der Waals surface area contributed by atoms with Gasteiger partial charge >= 0.3 is 0 Å². The number of methoxy groups -OCH3 is 1. The fourth-order valence-corrected chi connectivity index (χ4v) is 3.87. The lowest BCUT2D eigenvalue weighted by atomic mass is 9.99. The van der Waals surface area contributed by atoms with Crippen molar-refractivity contribution in [3.05, 3.63) is 33.8 Å². The van der Waals surface area contributed by atoms with E-state index in [1.165, 1.54) is 0 Å². The predicted octanol–water partition coefficient (Wildman–Crippen LogP) is 4.40. The third-order valence-corrected chi connectivity index (χ3v) is 5.58. The van der Waals surface area contributed by atoms with E-state index in [-0.39, 0.29) is 17.6 Å². The van der Waals surface area contributed by atoms with Crippen molar-refractivity contribution in [1.29, 1.82) is 0 Å². The van der Waals surface area contributed by atoms with E-state index in [2.05, 4.69) is 20.9 Å². The van der Waals surface area contributed by atoms with Crippen LogP contribution in [0, 0.1) is 0 Å². The quantitative estimate of drug-likeness (QED) is 0.693. The van der Waals surface area contributed by atoms with Gasteiger partial charge in [0.1, 0.15) is 0 Å². The average molecular weight is 450 g/mol. The van der Waals surface area contributed by atoms with Crippen molar-refractivity contribution in [1.82, 2.24) is 14.5 Å². The second-order valence-corrected chi connectivity index (χ2v) is 9.05. The molecule has 0 saturated heterocycles. The minimum atomic E-state index is -0.279. The van der Waals surface area contributed by atoms with Crippen molar-refractivity contribution >= 4 is 21.8 Å². The Kier molecular flexibility index (Phi) is 5.49. The number of ether oxygens (including phenoxy) is 2. The van der Waals surface area contributed by atoms with Gasteiger partial charge in [-0.05, 0) is 75.0 Å². The molecule has 0 radical (unpaired) electrons. The van der Waals surface area contributed by atoms with Crippen LogP contribution in [0.5, 0.6) is 11.5 Å². The van der Waals surface area contributed by atoms with Crippen LogP contribution < -0.4 is 9.47 Å². The lowest BCUT2D eigenvalue weighted by Gasteiger charge is -2.32. The first kappa shape index (κ1) is 20.7. The minimum absolute atomic E-state index is 0.0267. The summed E-state index contributed by atoms with van der Waals surface area (Å²) in [4.78, 5) is 19.4. The summed E-state index contributed by atoms with van der Waals surface area (Å²) < 4.78 is 14.1. The number of aromatic nitrogens is 2. The first-order chi connectivity index (χ1) is 13.0. The zero-order chi connectivity index (χ0) is 20.8. The Labute approximate surface area is 175 Å². The topological polar surface area (TPSA) is 56.6 Å². The van der Waals surface area contributed by atoms with Crippen molar-refractivity contribution in [3.63, 3.8) is 0 Å². The van der Waals surface area contributed by atoms with Crippen LogP contribution in [0.1, 0.15) is 56.4 Å². The molecule has 3 rings (SSSR count). The van der Waals surface area contributed by atoms with Crippen LogP contribution in [0.4, 0.5) is 0 Å². The molecule has 1 aliphatic heterocycles. The standard InChI is InChI=1S/C21H28BrN3O3/c1-12(2)28-17-11-15-13(10-16(17)27-7)8-9-14-18(23-20(22)25(14)15)19(26)24(6)21(3,4)5/h10-12H,8-9H2,1-7H3. The smallest absolute Gasteiger partial charge is 0.274 e. The van der Waals surface area contributed by atoms with Crippen LogP contribution in [-0.4, -0.2) is 46.2 Å². The van der Waals surface area contributed by atoms with Crippen LogP contribution >= 0.6 is 15.9 Å². The molecule has 7 heteroatoms. The molecule has 0 fully saturated rings. The van der Waals surface area contributed by atoms with E-state index in [4.69, 9.17) is 9.47 Å². The zero-order valence-corrected chi connectivity index (χ0v) is 19.2. The van der Waals surface area contributed by atoms with Gasteiger partial charge in [-0.1, -0.05) is 0 Å². The summed E-state index contributed by atoms with van der Waals surface area (Å²) in [6, 6.07) is 4.00. The molecule has 1 amide bonds. The fraction of sp³-hybridized carbons (Fsp3) is 0.524. The third kappa shape index (κ3) is 3.64. The number of fused-ring (bicyclic) bond motifs is 3. The summed E-state index contributed by atoms with van der Waals surface area (Å²) >= 11 is 3.56. The molecule has 0 bridgehead atoms. The Balaban J connectivity index is 2.12. The van der Waals surface area contributed by atoms with E-state index >= 15 is 0 Å². The maximum absolute atomic E-state index is 13.1. The van der Waals surface area contributed by atoms with Crippen molar-refractivity contribution < 1.29 is 14.3 Å². The number of nitrogens with zero attached hydrogens (tertiary/aromatic N) is 3. The first-order valence-corrected chi connectivity index (χ1v) is 10.3. The summed E-state index contributed by atoms with van der Waals surface area (Å²) in [5, 5.41) is 0. The summed E-state index contributed by atoms with van der Waals surface area (Å²) in [6.45, 7) is 10.0. The lowest BCUT2D eigenvalue weighted by molar-refractivity contribution is 0.0648. The van der Waals surface area contributed by atoms with Gasteiger partial charge in [0, 0.05) is 18.7 Å². The number of hydrogen-bond acceptors (Lipinski definition) is 4. The molecule has 0 aliphatic carbocycles. The van der Waals surface area contributed by atoms with Gasteiger partial charge in [-0.15, -0.1) is 0 Å². The molecule has 152 valence electrons. The van der Waals surface area contributed by atoms with E-state index in [0.717, 1.165) is 35.5 Å². The van der Waals surface area contributed by atoms with Gasteiger partial charge < -0.3 is 14.4 Å². The van der Waals surface area contributed by atoms with Gasteiger partial charge in [0.15, 0.2) is 21.9 Å². The molecule has 0 spiro atoms. The number of imidazole rings is 1. The number of aryl methyl sites for hydroxylation is 1. The summed E-state index contributed by atoms with van der Waals surface area (Å²) in [7, 11) is 3.47. The Bertz CT molecular complexity index is 913. The van der Waals surface area contributed by atoms with Crippen molar-refractivity contribution in [2.24, 2.45) is 0 Å². The van der Waals surface area contributed by atoms with Crippen LogP contribution in [0.25, 0.3) is 5.69 Å². The number of carbonyl (C=O) groups excluding carboxylic acids is 1. The Morgan fingerprint density at radius 1 is 1.25 bits per heavy atom. The molecule has 1 aliphatic rings. The molecule has 1 aromatic carbocycles. The van der Waals surface area contributed by atoms with E-state index in [0.29, 0.717) is 16.2 Å². The molecular formula is C21H28BrN3O3. The van der Waals surface area contributed by atoms with E-state index in [9.17, 15) is 4.79 Å². The summed E-state index contributed by atoms with van der Waals surface area (Å²) in [5.41, 5.74) is 3.24. The van der Waals surface area contributed by atoms with Gasteiger partial charge in [-0.25, -0.2) is 4.98 Å². The Morgan fingerprint density at radius 2 is 1.93 bits per heavy atom. The molecular weight excluding hydrogens is 422 g/mol. The fourth-order valence-electron chi connectivity index (χ4n) is 3.29. The molecule has 6 nitrogen and oxygen atoms in total. The number of hydrogen-bond donors (Lipinski definition) is 0. The van der Waals surface area contributed by atoms with Crippen LogP contribution in [0.3, 0.4) is 0 Å². The van der Waals surface area contributed by atoms with Crippen LogP contribution in [-0.2, 0) is 12.8 Å². The number of benzene rings is 1. The van der Waals surface area contributed by atoms with Gasteiger partial charge in [0.2, 0.25) is 0 Å². The third-order valence-electron chi connectivity index (χ3n) is 5.04. The second-order valence-electron chi connectivity index (χ2n) is 8.34. The van der Waals surface area contributed by atoms with E-state index < -0.39 is 0 Å². The zero-order valence-electron chi connectivity index (χ0n) is 17.6. The normalized spacial score (nSPS) is 13.2. The van der Waals surface area contributed by atoms with Gasteiger partial charge in [0.25, 0.3) is 5.91 Å². The molecule has 0 unspecified atom stereocenters. The lowest BCUT2D eigenvalue weighted by Crippen LogP contribution is -2.43. The summed E-state index contributed by atoms with van der Waals surface area (Å²) in [6.07, 6.45) is 1.57. The number of amides is 1. The van der Waals surface area contributed by atoms with Crippen molar-refractivity contribution in [2.75, 3.05) is 14.2 Å². The molecule has 0 saturated carbocycles. The minimum Gasteiger partial charge on any atom is -0.493 e. The Morgan fingerprint density at radius 3 is 2.50 bits per heavy atom. The SMILES string of the molecule is COc1cc2c(cc1OC(C)C)-n1c(Br)nc(C(=O)N(C)C(C)(C)C)c1CC2. The molecule has 2 heterocycles. The molecule has 2 aromatic rings. The van der Waals surface area contributed by atoms with Gasteiger partial charge in [-0.3, -0.25) is 9.36 Å². The highest BCUT2D eigenvalue weighted by molar-refractivity contribution is 9.10. The van der Waals surface area contributed by atoms with Crippen molar-refractivity contribution in [3.8, 4) is 17.2 Å². The monoisotopic (exact) mass is 449 g/mol. The molecule has 0 atom stereocenters. The van der Waals surface area contributed by atoms with Gasteiger partial charge in [-0.2, -0.15) is 0 Å². The highest BCUT2D eigenvalue weighted by Crippen LogP contribution is 2.39. The average Bonchev–Trinajstić information content (AvgIpc) is 2.95. The van der Waals surface area contributed by atoms with Crippen LogP contribution in [0.2, 0.25) is 0 Å². The molecule has 28 heavy (non-hydrogen) atoms.